The van der Waals surface area contributed by atoms with Crippen LogP contribution in [0.1, 0.15) is 71.9 Å². The van der Waals surface area contributed by atoms with E-state index in [-0.39, 0.29) is 13.2 Å². The normalized spacial score (nSPS) is 16.6. The highest BCUT2D eigenvalue weighted by atomic mass is 16.3. The zero-order chi connectivity index (χ0) is 24.8. The summed E-state index contributed by atoms with van der Waals surface area (Å²) in [5.74, 6) is 0.737. The number of hydrogen-bond donors (Lipinski definition) is 4. The number of nitrogens with one attached hydrogen (secondary N) is 2. The quantitative estimate of drug-likeness (QED) is 0.431. The van der Waals surface area contributed by atoms with Gasteiger partial charge >= 0.3 is 0 Å². The summed E-state index contributed by atoms with van der Waals surface area (Å²) in [5.41, 5.74) is 11.8. The summed E-state index contributed by atoms with van der Waals surface area (Å²) in [6.07, 6.45) is 5.95. The molecule has 2 atom stereocenters. The van der Waals surface area contributed by atoms with E-state index in [1.54, 1.807) is 0 Å². The van der Waals surface area contributed by atoms with Gasteiger partial charge in [-0.1, -0.05) is 63.4 Å². The van der Waals surface area contributed by atoms with E-state index in [2.05, 4.69) is 76.0 Å². The molecule has 2 aliphatic rings. The Kier molecular flexibility index (Phi) is 8.54. The molecule has 2 aromatic rings. The van der Waals surface area contributed by atoms with E-state index in [4.69, 9.17) is 0 Å². The number of benzene rings is 2. The Morgan fingerprint density at radius 1 is 0.735 bits per heavy atom. The Hall–Kier alpha value is -3.08. The van der Waals surface area contributed by atoms with Crippen LogP contribution in [0.4, 0.5) is 0 Å². The van der Waals surface area contributed by atoms with Crippen molar-refractivity contribution in [2.75, 3.05) is 0 Å². The van der Waals surface area contributed by atoms with Crippen molar-refractivity contribution in [3.8, 4) is 0 Å². The van der Waals surface area contributed by atoms with Crippen LogP contribution in [-0.2, 0) is 13.2 Å². The van der Waals surface area contributed by atoms with Gasteiger partial charge in [-0.25, -0.2) is 0 Å². The molecule has 0 fully saturated rings. The summed E-state index contributed by atoms with van der Waals surface area (Å²) in [6.45, 7) is 16.6. The van der Waals surface area contributed by atoms with Crippen LogP contribution >= 0.6 is 0 Å². The summed E-state index contributed by atoms with van der Waals surface area (Å²) < 4.78 is 0. The molecular weight excluding hydrogens is 420 g/mol. The Bertz CT molecular complexity index is 1040. The van der Waals surface area contributed by atoms with Crippen LogP contribution in [0, 0.1) is 13.8 Å². The van der Waals surface area contributed by atoms with Crippen molar-refractivity contribution in [1.82, 2.24) is 10.6 Å². The fourth-order valence-corrected chi connectivity index (χ4v) is 4.73. The van der Waals surface area contributed by atoms with Gasteiger partial charge in [0.1, 0.15) is 0 Å². The molecule has 2 aliphatic heterocycles. The number of allylic oxidation sites excluding steroid dienone is 2. The standard InChI is InChI=1S/2C15H19NO/c2*1-10-7-14(8-16-10)12(3)15-6-4-5-13(9-17)11(15)2/h2*4-6,8,12,16-17H,1,7,9H2,2-3H3/t2*12-/m10/s1. The highest BCUT2D eigenvalue weighted by molar-refractivity contribution is 5.42. The van der Waals surface area contributed by atoms with Crippen LogP contribution < -0.4 is 10.6 Å². The van der Waals surface area contributed by atoms with Crippen molar-refractivity contribution in [2.45, 2.75) is 65.6 Å². The minimum absolute atomic E-state index is 0.108. The Labute approximate surface area is 204 Å². The van der Waals surface area contributed by atoms with Crippen LogP contribution in [-0.4, -0.2) is 10.2 Å². The summed E-state index contributed by atoms with van der Waals surface area (Å²) >= 11 is 0. The van der Waals surface area contributed by atoms with E-state index in [0.717, 1.165) is 35.4 Å². The minimum Gasteiger partial charge on any atom is -0.392 e. The van der Waals surface area contributed by atoms with E-state index in [1.165, 1.54) is 33.4 Å². The second-order valence-corrected chi connectivity index (χ2v) is 9.31. The third kappa shape index (κ3) is 5.69. The lowest BCUT2D eigenvalue weighted by Gasteiger charge is -2.17. The zero-order valence-corrected chi connectivity index (χ0v) is 20.9. The van der Waals surface area contributed by atoms with Gasteiger partial charge in [-0.05, 0) is 58.4 Å². The number of rotatable bonds is 6. The third-order valence-corrected chi connectivity index (χ3v) is 7.12. The largest absolute Gasteiger partial charge is 0.392 e. The number of hydrogen-bond acceptors (Lipinski definition) is 4. The number of aliphatic hydroxyl groups excluding tert-OH is 2. The first-order chi connectivity index (χ1) is 16.3. The van der Waals surface area contributed by atoms with Gasteiger partial charge in [-0.15, -0.1) is 0 Å². The van der Waals surface area contributed by atoms with Crippen molar-refractivity contribution in [3.63, 3.8) is 0 Å². The lowest BCUT2D eigenvalue weighted by atomic mass is 9.87. The van der Waals surface area contributed by atoms with Gasteiger partial charge in [-0.3, -0.25) is 0 Å². The second kappa shape index (κ2) is 11.4. The first kappa shape index (κ1) is 25.5. The fraction of sp³-hybridized carbons (Fsp3) is 0.333. The molecule has 0 saturated heterocycles. The van der Waals surface area contributed by atoms with E-state index in [0.29, 0.717) is 11.8 Å². The van der Waals surface area contributed by atoms with Crippen molar-refractivity contribution in [2.24, 2.45) is 0 Å². The van der Waals surface area contributed by atoms with Gasteiger partial charge < -0.3 is 20.8 Å². The smallest absolute Gasteiger partial charge is 0.0684 e. The van der Waals surface area contributed by atoms with Crippen LogP contribution in [0.5, 0.6) is 0 Å². The summed E-state index contributed by atoms with van der Waals surface area (Å²) in [6, 6.07) is 12.3. The molecule has 0 radical (unpaired) electrons. The average Bonchev–Trinajstić information content (AvgIpc) is 3.47. The fourth-order valence-electron chi connectivity index (χ4n) is 4.73. The molecule has 0 bridgehead atoms. The second-order valence-electron chi connectivity index (χ2n) is 9.31. The molecule has 4 heteroatoms. The van der Waals surface area contributed by atoms with Gasteiger partial charge in [0.2, 0.25) is 0 Å². The molecule has 2 heterocycles. The van der Waals surface area contributed by atoms with E-state index < -0.39 is 0 Å². The summed E-state index contributed by atoms with van der Waals surface area (Å²) in [7, 11) is 0. The predicted molar refractivity (Wildman–Crippen MR) is 141 cm³/mol. The first-order valence-electron chi connectivity index (χ1n) is 11.9. The minimum atomic E-state index is 0.108. The Morgan fingerprint density at radius 3 is 1.41 bits per heavy atom. The molecule has 0 amide bonds. The maximum Gasteiger partial charge on any atom is 0.0684 e. The lowest BCUT2D eigenvalue weighted by Crippen LogP contribution is -2.02. The average molecular weight is 459 g/mol. The first-order valence-corrected chi connectivity index (χ1v) is 11.9. The van der Waals surface area contributed by atoms with Gasteiger partial charge in [0.15, 0.2) is 0 Å². The third-order valence-electron chi connectivity index (χ3n) is 7.12. The van der Waals surface area contributed by atoms with Crippen molar-refractivity contribution >= 4 is 0 Å². The molecule has 0 spiro atoms. The van der Waals surface area contributed by atoms with E-state index in [9.17, 15) is 10.2 Å². The Morgan fingerprint density at radius 2 is 1.12 bits per heavy atom. The topological polar surface area (TPSA) is 64.5 Å². The molecule has 2 aromatic carbocycles. The highest BCUT2D eigenvalue weighted by Crippen LogP contribution is 2.34. The van der Waals surface area contributed by atoms with Crippen molar-refractivity contribution in [1.29, 1.82) is 0 Å². The lowest BCUT2D eigenvalue weighted by molar-refractivity contribution is 0.280. The molecule has 4 rings (SSSR count). The van der Waals surface area contributed by atoms with Crippen LogP contribution in [0.2, 0.25) is 0 Å². The monoisotopic (exact) mass is 458 g/mol. The van der Waals surface area contributed by atoms with Gasteiger partial charge in [0, 0.05) is 48.5 Å². The SMILES string of the molecule is C=C1CC([C@@H](C)c2cccc(CO)c2C)=CN1.C=C1CC([C@H](C)c2cccc(CO)c2C)=CN1. The van der Waals surface area contributed by atoms with Gasteiger partial charge in [-0.2, -0.15) is 0 Å². The molecule has 0 aliphatic carbocycles. The summed E-state index contributed by atoms with van der Waals surface area (Å²) in [4.78, 5) is 0. The maximum atomic E-state index is 9.29. The van der Waals surface area contributed by atoms with Crippen molar-refractivity contribution < 1.29 is 10.2 Å². The van der Waals surface area contributed by atoms with E-state index in [1.807, 2.05) is 24.3 Å². The molecule has 0 saturated carbocycles. The molecule has 0 unspecified atom stereocenters. The molecule has 34 heavy (non-hydrogen) atoms. The van der Waals surface area contributed by atoms with E-state index >= 15 is 0 Å². The molecule has 0 aromatic heterocycles. The maximum absolute atomic E-state index is 9.29. The molecular formula is C30H38N2O2. The van der Waals surface area contributed by atoms with Crippen molar-refractivity contribution in [3.05, 3.63) is 118 Å². The Balaban J connectivity index is 0.000000191. The van der Waals surface area contributed by atoms with Gasteiger partial charge in [0.05, 0.1) is 13.2 Å². The highest BCUT2D eigenvalue weighted by Gasteiger charge is 2.19. The van der Waals surface area contributed by atoms with Crippen LogP contribution in [0.25, 0.3) is 0 Å². The predicted octanol–water partition coefficient (Wildman–Crippen LogP) is 5.96. The molecule has 4 nitrogen and oxygen atoms in total. The zero-order valence-electron chi connectivity index (χ0n) is 20.9. The van der Waals surface area contributed by atoms with Crippen LogP contribution in [0.15, 0.2) is 84.5 Å². The number of aliphatic hydroxyl groups is 2. The molecule has 180 valence electrons. The molecule has 4 N–H and O–H groups in total. The summed E-state index contributed by atoms with van der Waals surface area (Å²) in [5, 5.41) is 24.9. The van der Waals surface area contributed by atoms with Crippen LogP contribution in [0.3, 0.4) is 0 Å². The van der Waals surface area contributed by atoms with Gasteiger partial charge in [0.25, 0.3) is 0 Å².